The van der Waals surface area contributed by atoms with E-state index in [-0.39, 0.29) is 6.61 Å². The summed E-state index contributed by atoms with van der Waals surface area (Å²) in [5, 5.41) is 17.4. The summed E-state index contributed by atoms with van der Waals surface area (Å²) >= 11 is 0. The lowest BCUT2D eigenvalue weighted by molar-refractivity contribution is 0.265. The molecule has 1 aromatic carbocycles. The Kier molecular flexibility index (Phi) is 3.11. The molecule has 20 heavy (non-hydrogen) atoms. The van der Waals surface area contributed by atoms with Crippen LogP contribution < -0.4 is 5.73 Å². The molecule has 3 rings (SSSR count). The second-order valence-electron chi connectivity index (χ2n) is 4.69. The molecule has 2 aromatic heterocycles. The van der Waals surface area contributed by atoms with Crippen molar-refractivity contribution in [2.45, 2.75) is 19.6 Å². The first kappa shape index (κ1) is 12.6. The summed E-state index contributed by atoms with van der Waals surface area (Å²) in [6.45, 7) is 0.580. The van der Waals surface area contributed by atoms with Crippen LogP contribution in [0.3, 0.4) is 0 Å². The Morgan fingerprint density at radius 2 is 2.15 bits per heavy atom. The van der Waals surface area contributed by atoms with Gasteiger partial charge in [-0.25, -0.2) is 4.98 Å². The predicted octanol–water partition coefficient (Wildman–Crippen LogP) is 0.482. The summed E-state index contributed by atoms with van der Waals surface area (Å²) in [6.07, 6.45) is 2.40. The van der Waals surface area contributed by atoms with Crippen molar-refractivity contribution in [3.63, 3.8) is 0 Å². The van der Waals surface area contributed by atoms with Crippen LogP contribution in [0.15, 0.2) is 24.5 Å². The molecule has 3 N–H and O–H groups in total. The minimum Gasteiger partial charge on any atom is -0.399 e. The molecule has 0 saturated heterocycles. The zero-order valence-electron chi connectivity index (χ0n) is 11.2. The van der Waals surface area contributed by atoms with Gasteiger partial charge in [-0.3, -0.25) is 0 Å². The molecule has 7 nitrogen and oxygen atoms in total. The van der Waals surface area contributed by atoms with Crippen LogP contribution in [0.5, 0.6) is 0 Å². The Balaban J connectivity index is 1.95. The van der Waals surface area contributed by atoms with E-state index in [4.69, 9.17) is 5.73 Å². The van der Waals surface area contributed by atoms with E-state index in [0.717, 1.165) is 23.3 Å². The zero-order valence-corrected chi connectivity index (χ0v) is 11.2. The molecule has 104 valence electrons. The summed E-state index contributed by atoms with van der Waals surface area (Å²) in [5.41, 5.74) is 8.19. The number of nitrogen functional groups attached to an aromatic ring is 1. The van der Waals surface area contributed by atoms with Crippen molar-refractivity contribution in [1.82, 2.24) is 24.3 Å². The predicted molar refractivity (Wildman–Crippen MR) is 74.8 cm³/mol. The number of nitrogens with zero attached hydrogens (tertiary/aromatic N) is 5. The lowest BCUT2D eigenvalue weighted by Crippen LogP contribution is -2.09. The smallest absolute Gasteiger partial charge is 0.135 e. The van der Waals surface area contributed by atoms with Gasteiger partial charge in [0.1, 0.15) is 24.6 Å². The molecule has 0 bridgehead atoms. The monoisotopic (exact) mass is 272 g/mol. The molecular formula is C13H16N6O. The van der Waals surface area contributed by atoms with Crippen LogP contribution in [0.1, 0.15) is 11.6 Å². The summed E-state index contributed by atoms with van der Waals surface area (Å²) in [7, 11) is 1.91. The zero-order chi connectivity index (χ0) is 14.1. The number of benzene rings is 1. The second kappa shape index (κ2) is 4.93. The van der Waals surface area contributed by atoms with Crippen molar-refractivity contribution in [2.24, 2.45) is 7.05 Å². The van der Waals surface area contributed by atoms with Gasteiger partial charge in [-0.2, -0.15) is 0 Å². The fourth-order valence-corrected chi connectivity index (χ4v) is 2.31. The van der Waals surface area contributed by atoms with Gasteiger partial charge in [0.15, 0.2) is 0 Å². The Labute approximate surface area is 115 Å². The van der Waals surface area contributed by atoms with Crippen LogP contribution in [0.4, 0.5) is 5.69 Å². The highest BCUT2D eigenvalue weighted by atomic mass is 16.3. The number of fused-ring (bicyclic) bond motifs is 1. The van der Waals surface area contributed by atoms with E-state index in [2.05, 4.69) is 15.2 Å². The lowest BCUT2D eigenvalue weighted by Gasteiger charge is -2.07. The Bertz CT molecular complexity index is 744. The summed E-state index contributed by atoms with van der Waals surface area (Å²) in [6, 6.07) is 5.57. The van der Waals surface area contributed by atoms with E-state index in [0.29, 0.717) is 18.1 Å². The fourth-order valence-electron chi connectivity index (χ4n) is 2.31. The molecule has 0 amide bonds. The number of aromatic nitrogens is 5. The van der Waals surface area contributed by atoms with E-state index >= 15 is 0 Å². The number of nitrogens with two attached hydrogens (primary N) is 1. The number of aryl methyl sites for hydroxylation is 3. The lowest BCUT2D eigenvalue weighted by atomic mass is 10.3. The van der Waals surface area contributed by atoms with Crippen molar-refractivity contribution < 1.29 is 5.11 Å². The summed E-state index contributed by atoms with van der Waals surface area (Å²) < 4.78 is 3.87. The topological polar surface area (TPSA) is 94.8 Å². The fraction of sp³-hybridized carbons (Fsp3) is 0.308. The maximum Gasteiger partial charge on any atom is 0.135 e. The second-order valence-corrected chi connectivity index (χ2v) is 4.69. The normalized spacial score (nSPS) is 11.3. The molecular weight excluding hydrogens is 256 g/mol. The van der Waals surface area contributed by atoms with Crippen LogP contribution in [-0.4, -0.2) is 29.4 Å². The maximum absolute atomic E-state index is 9.45. The highest BCUT2D eigenvalue weighted by molar-refractivity contribution is 5.79. The van der Waals surface area contributed by atoms with Gasteiger partial charge < -0.3 is 20.0 Å². The van der Waals surface area contributed by atoms with Gasteiger partial charge in [-0.15, -0.1) is 10.2 Å². The molecule has 7 heteroatoms. The van der Waals surface area contributed by atoms with Crippen molar-refractivity contribution in [1.29, 1.82) is 0 Å². The number of hydrogen-bond acceptors (Lipinski definition) is 5. The van der Waals surface area contributed by atoms with E-state index in [1.54, 1.807) is 6.33 Å². The summed E-state index contributed by atoms with van der Waals surface area (Å²) in [4.78, 5) is 4.40. The molecule has 0 saturated carbocycles. The molecule has 0 aliphatic heterocycles. The highest BCUT2D eigenvalue weighted by Gasteiger charge is 2.11. The largest absolute Gasteiger partial charge is 0.399 e. The first-order valence-electron chi connectivity index (χ1n) is 6.37. The molecule has 0 aliphatic rings. The third kappa shape index (κ3) is 2.12. The van der Waals surface area contributed by atoms with Crippen LogP contribution >= 0.6 is 0 Å². The average Bonchev–Trinajstić information content (AvgIpc) is 2.99. The van der Waals surface area contributed by atoms with E-state index in [1.807, 2.05) is 34.4 Å². The number of aliphatic hydroxyl groups is 1. The van der Waals surface area contributed by atoms with Gasteiger partial charge in [0.2, 0.25) is 0 Å². The Morgan fingerprint density at radius 1 is 1.30 bits per heavy atom. The first-order chi connectivity index (χ1) is 9.69. The van der Waals surface area contributed by atoms with Gasteiger partial charge in [0.25, 0.3) is 0 Å². The van der Waals surface area contributed by atoms with Gasteiger partial charge >= 0.3 is 0 Å². The minimum absolute atomic E-state index is 0.104. The highest BCUT2D eigenvalue weighted by Crippen LogP contribution is 2.19. The molecule has 0 spiro atoms. The molecule has 0 radical (unpaired) electrons. The van der Waals surface area contributed by atoms with Crippen molar-refractivity contribution in [2.75, 3.05) is 5.73 Å². The third-order valence-corrected chi connectivity index (χ3v) is 3.36. The number of anilines is 1. The third-order valence-electron chi connectivity index (χ3n) is 3.36. The van der Waals surface area contributed by atoms with Crippen molar-refractivity contribution in [3.05, 3.63) is 36.2 Å². The Morgan fingerprint density at radius 3 is 2.85 bits per heavy atom. The van der Waals surface area contributed by atoms with Gasteiger partial charge in [0, 0.05) is 25.7 Å². The minimum atomic E-state index is -0.104. The maximum atomic E-state index is 9.45. The molecule has 0 fully saturated rings. The van der Waals surface area contributed by atoms with E-state index < -0.39 is 0 Å². The van der Waals surface area contributed by atoms with Gasteiger partial charge in [0.05, 0.1) is 11.0 Å². The first-order valence-corrected chi connectivity index (χ1v) is 6.37. The molecule has 0 aliphatic carbocycles. The summed E-state index contributed by atoms with van der Waals surface area (Å²) in [5.74, 6) is 1.53. The number of aliphatic hydroxyl groups excluding tert-OH is 1. The number of hydrogen-bond donors (Lipinski definition) is 2. The van der Waals surface area contributed by atoms with Gasteiger partial charge in [-0.05, 0) is 18.2 Å². The van der Waals surface area contributed by atoms with E-state index in [9.17, 15) is 5.11 Å². The number of imidazole rings is 1. The molecule has 0 atom stereocenters. The Hall–Kier alpha value is -2.41. The standard InChI is InChI=1S/C13H16N6O/c1-18-8-15-17-12(18)4-5-19-11-3-2-9(14)6-10(11)16-13(19)7-20/h2-3,6,8,20H,4-5,7,14H2,1H3. The quantitative estimate of drug-likeness (QED) is 0.674. The van der Waals surface area contributed by atoms with Crippen molar-refractivity contribution in [3.8, 4) is 0 Å². The molecule has 0 unspecified atom stereocenters. The average molecular weight is 272 g/mol. The molecule has 3 aromatic rings. The van der Waals surface area contributed by atoms with Crippen LogP contribution in [0.2, 0.25) is 0 Å². The SMILES string of the molecule is Cn1cnnc1CCn1c(CO)nc2cc(N)ccc21. The number of rotatable bonds is 4. The van der Waals surface area contributed by atoms with Crippen LogP contribution in [-0.2, 0) is 26.6 Å². The molecule has 2 heterocycles. The van der Waals surface area contributed by atoms with Crippen molar-refractivity contribution >= 4 is 16.7 Å². The van der Waals surface area contributed by atoms with Crippen LogP contribution in [0.25, 0.3) is 11.0 Å². The van der Waals surface area contributed by atoms with E-state index in [1.165, 1.54) is 0 Å². The van der Waals surface area contributed by atoms with Crippen LogP contribution in [0, 0.1) is 0 Å². The van der Waals surface area contributed by atoms with Gasteiger partial charge in [-0.1, -0.05) is 0 Å².